The minimum absolute atomic E-state index is 0.0401. The van der Waals surface area contributed by atoms with Gasteiger partial charge in [-0.25, -0.2) is 9.97 Å². The van der Waals surface area contributed by atoms with Gasteiger partial charge >= 0.3 is 0 Å². The quantitative estimate of drug-likeness (QED) is 0.665. The van der Waals surface area contributed by atoms with Crippen molar-refractivity contribution in [3.63, 3.8) is 0 Å². The summed E-state index contributed by atoms with van der Waals surface area (Å²) in [5.41, 5.74) is 4.26. The maximum atomic E-state index is 12.2. The molecule has 3 aromatic rings. The van der Waals surface area contributed by atoms with E-state index in [2.05, 4.69) is 49.9 Å². The number of carbonyl (C=O) groups excluding carboxylic acids is 1. The van der Waals surface area contributed by atoms with Gasteiger partial charge in [-0.3, -0.25) is 4.79 Å². The summed E-state index contributed by atoms with van der Waals surface area (Å²) < 4.78 is 0. The molecule has 4 rings (SSSR count). The van der Waals surface area contributed by atoms with Crippen LogP contribution in [0.2, 0.25) is 0 Å². The number of benzene rings is 1. The molecule has 0 aliphatic carbocycles. The molecule has 0 spiro atoms. The van der Waals surface area contributed by atoms with E-state index in [1.165, 1.54) is 11.1 Å². The highest BCUT2D eigenvalue weighted by Crippen LogP contribution is 2.21. The molecule has 0 saturated heterocycles. The molecular formula is C19H21N5O. The number of H-pyrrole nitrogens is 1. The second-order valence-electron chi connectivity index (χ2n) is 6.32. The van der Waals surface area contributed by atoms with Gasteiger partial charge in [0.15, 0.2) is 5.65 Å². The minimum atomic E-state index is 0.0401. The standard InChI is InChI=1S/C19H21N5O/c25-18(8-7-17-23-15-6-3-10-21-19(15)24-17)22-12-16-14-5-2-1-4-13(14)9-11-20-16/h1-6,10,16,20H,7-9,11-12H2,(H,22,25)(H,21,23,24). The number of pyridine rings is 1. The van der Waals surface area contributed by atoms with E-state index < -0.39 is 0 Å². The zero-order valence-electron chi connectivity index (χ0n) is 14.0. The van der Waals surface area contributed by atoms with Crippen LogP contribution in [0.4, 0.5) is 0 Å². The summed E-state index contributed by atoms with van der Waals surface area (Å²) in [6, 6.07) is 12.4. The number of imidazole rings is 1. The Morgan fingerprint density at radius 1 is 1.24 bits per heavy atom. The molecule has 1 atom stereocenters. The summed E-state index contributed by atoms with van der Waals surface area (Å²) in [5, 5.41) is 6.52. The molecule has 1 aliphatic rings. The molecule has 128 valence electrons. The largest absolute Gasteiger partial charge is 0.354 e. The summed E-state index contributed by atoms with van der Waals surface area (Å²) >= 11 is 0. The number of aryl methyl sites for hydroxylation is 1. The summed E-state index contributed by atoms with van der Waals surface area (Å²) in [4.78, 5) is 24.0. The van der Waals surface area contributed by atoms with Crippen molar-refractivity contribution in [1.29, 1.82) is 0 Å². The first-order chi connectivity index (χ1) is 12.3. The van der Waals surface area contributed by atoms with Crippen molar-refractivity contribution in [1.82, 2.24) is 25.6 Å². The normalized spacial score (nSPS) is 16.6. The molecule has 6 heteroatoms. The Kier molecular flexibility index (Phi) is 4.43. The van der Waals surface area contributed by atoms with Crippen LogP contribution < -0.4 is 10.6 Å². The minimum Gasteiger partial charge on any atom is -0.354 e. The van der Waals surface area contributed by atoms with Gasteiger partial charge in [-0.2, -0.15) is 0 Å². The molecule has 25 heavy (non-hydrogen) atoms. The van der Waals surface area contributed by atoms with Crippen molar-refractivity contribution < 1.29 is 4.79 Å². The molecule has 3 N–H and O–H groups in total. The third kappa shape index (κ3) is 3.53. The predicted octanol–water partition coefficient (Wildman–Crippen LogP) is 1.89. The van der Waals surface area contributed by atoms with Crippen molar-refractivity contribution in [3.8, 4) is 0 Å². The maximum Gasteiger partial charge on any atom is 0.220 e. The first kappa shape index (κ1) is 15.8. The van der Waals surface area contributed by atoms with Crippen molar-refractivity contribution in [2.45, 2.75) is 25.3 Å². The maximum absolute atomic E-state index is 12.2. The highest BCUT2D eigenvalue weighted by atomic mass is 16.1. The van der Waals surface area contributed by atoms with Crippen LogP contribution in [-0.4, -0.2) is 33.9 Å². The molecule has 0 bridgehead atoms. The van der Waals surface area contributed by atoms with Crippen molar-refractivity contribution in [2.24, 2.45) is 0 Å². The summed E-state index contributed by atoms with van der Waals surface area (Å²) in [7, 11) is 0. The molecule has 1 amide bonds. The topological polar surface area (TPSA) is 82.7 Å². The molecule has 1 aliphatic heterocycles. The molecule has 1 aromatic carbocycles. The monoisotopic (exact) mass is 335 g/mol. The lowest BCUT2D eigenvalue weighted by Crippen LogP contribution is -2.38. The second kappa shape index (κ2) is 7.03. The fourth-order valence-corrected chi connectivity index (χ4v) is 3.32. The van der Waals surface area contributed by atoms with E-state index in [9.17, 15) is 4.79 Å². The zero-order chi connectivity index (χ0) is 17.1. The van der Waals surface area contributed by atoms with Crippen LogP contribution in [0, 0.1) is 0 Å². The molecule has 3 heterocycles. The number of aromatic amines is 1. The third-order valence-corrected chi connectivity index (χ3v) is 4.61. The SMILES string of the molecule is O=C(CCc1nc2ncccc2[nH]1)NCC1NCCc2ccccc21. The number of rotatable bonds is 5. The van der Waals surface area contributed by atoms with E-state index in [0.29, 0.717) is 25.0 Å². The average molecular weight is 335 g/mol. The highest BCUT2D eigenvalue weighted by molar-refractivity contribution is 5.76. The first-order valence-electron chi connectivity index (χ1n) is 8.67. The Hall–Kier alpha value is -2.73. The molecule has 0 radical (unpaired) electrons. The average Bonchev–Trinajstić information content (AvgIpc) is 3.07. The van der Waals surface area contributed by atoms with Gasteiger partial charge in [0.05, 0.1) is 5.52 Å². The van der Waals surface area contributed by atoms with Gasteiger partial charge < -0.3 is 15.6 Å². The number of aromatic nitrogens is 3. The first-order valence-corrected chi connectivity index (χ1v) is 8.67. The third-order valence-electron chi connectivity index (χ3n) is 4.61. The molecule has 2 aromatic heterocycles. The van der Waals surface area contributed by atoms with Crippen LogP contribution in [0.15, 0.2) is 42.6 Å². The van der Waals surface area contributed by atoms with E-state index in [1.807, 2.05) is 12.1 Å². The Morgan fingerprint density at radius 3 is 3.08 bits per heavy atom. The van der Waals surface area contributed by atoms with E-state index in [1.54, 1.807) is 6.20 Å². The zero-order valence-corrected chi connectivity index (χ0v) is 14.0. The van der Waals surface area contributed by atoms with Crippen LogP contribution >= 0.6 is 0 Å². The number of hydrogen-bond donors (Lipinski definition) is 3. The Bertz CT molecular complexity index is 855. The van der Waals surface area contributed by atoms with Crippen LogP contribution in [-0.2, 0) is 17.6 Å². The van der Waals surface area contributed by atoms with Gasteiger partial charge in [0.1, 0.15) is 5.82 Å². The van der Waals surface area contributed by atoms with Gasteiger partial charge in [0.2, 0.25) is 5.91 Å². The Morgan fingerprint density at radius 2 is 2.16 bits per heavy atom. The number of amides is 1. The van der Waals surface area contributed by atoms with Crippen LogP contribution in [0.1, 0.15) is 29.4 Å². The van der Waals surface area contributed by atoms with Gasteiger partial charge in [0, 0.05) is 31.6 Å². The van der Waals surface area contributed by atoms with Crippen molar-refractivity contribution in [2.75, 3.05) is 13.1 Å². The van der Waals surface area contributed by atoms with Crippen molar-refractivity contribution >= 4 is 17.1 Å². The number of carbonyl (C=O) groups is 1. The van der Waals surface area contributed by atoms with Crippen molar-refractivity contribution in [3.05, 3.63) is 59.5 Å². The van der Waals surface area contributed by atoms with E-state index in [-0.39, 0.29) is 11.9 Å². The molecule has 0 fully saturated rings. The number of nitrogens with zero attached hydrogens (tertiary/aromatic N) is 2. The van der Waals surface area contributed by atoms with E-state index in [0.717, 1.165) is 24.3 Å². The number of nitrogens with one attached hydrogen (secondary N) is 3. The Labute approximate surface area is 146 Å². The Balaban J connectivity index is 1.31. The lowest BCUT2D eigenvalue weighted by Gasteiger charge is -2.27. The van der Waals surface area contributed by atoms with Gasteiger partial charge in [-0.1, -0.05) is 24.3 Å². The summed E-state index contributed by atoms with van der Waals surface area (Å²) in [6.45, 7) is 1.56. The molecular weight excluding hydrogens is 314 g/mol. The van der Waals surface area contributed by atoms with E-state index in [4.69, 9.17) is 0 Å². The number of fused-ring (bicyclic) bond motifs is 2. The van der Waals surface area contributed by atoms with Gasteiger partial charge in [-0.15, -0.1) is 0 Å². The van der Waals surface area contributed by atoms with Crippen LogP contribution in [0.25, 0.3) is 11.2 Å². The fraction of sp³-hybridized carbons (Fsp3) is 0.316. The van der Waals surface area contributed by atoms with Crippen LogP contribution in [0.3, 0.4) is 0 Å². The molecule has 6 nitrogen and oxygen atoms in total. The van der Waals surface area contributed by atoms with Crippen LogP contribution in [0.5, 0.6) is 0 Å². The predicted molar refractivity (Wildman–Crippen MR) is 96.1 cm³/mol. The fourth-order valence-electron chi connectivity index (χ4n) is 3.32. The lowest BCUT2D eigenvalue weighted by atomic mass is 9.94. The van der Waals surface area contributed by atoms with Gasteiger partial charge in [-0.05, 0) is 36.2 Å². The molecule has 1 unspecified atom stereocenters. The van der Waals surface area contributed by atoms with Gasteiger partial charge in [0.25, 0.3) is 0 Å². The lowest BCUT2D eigenvalue weighted by molar-refractivity contribution is -0.121. The highest BCUT2D eigenvalue weighted by Gasteiger charge is 2.19. The van der Waals surface area contributed by atoms with E-state index >= 15 is 0 Å². The summed E-state index contributed by atoms with van der Waals surface area (Å²) in [6.07, 6.45) is 3.75. The molecule has 0 saturated carbocycles. The number of hydrogen-bond acceptors (Lipinski definition) is 4. The summed E-state index contributed by atoms with van der Waals surface area (Å²) in [5.74, 6) is 0.836. The smallest absolute Gasteiger partial charge is 0.220 e. The second-order valence-corrected chi connectivity index (χ2v) is 6.32.